The van der Waals surface area contributed by atoms with Gasteiger partial charge in [0.2, 0.25) is 11.8 Å². The molecule has 0 spiro atoms. The molecule has 0 bridgehead atoms. The van der Waals surface area contributed by atoms with Crippen LogP contribution in [-0.2, 0) is 9.59 Å². The van der Waals surface area contributed by atoms with Gasteiger partial charge in [-0.25, -0.2) is 0 Å². The van der Waals surface area contributed by atoms with Crippen LogP contribution < -0.4 is 10.6 Å². The molecule has 4 heteroatoms. The summed E-state index contributed by atoms with van der Waals surface area (Å²) in [4.78, 5) is 24.4. The molecule has 1 aliphatic carbocycles. The second-order valence-corrected chi connectivity index (χ2v) is 7.66. The number of carbonyl (C=O) groups is 2. The Labute approximate surface area is 161 Å². The third kappa shape index (κ3) is 5.43. The van der Waals surface area contributed by atoms with E-state index in [1.54, 1.807) is 0 Å². The molecule has 2 unspecified atom stereocenters. The van der Waals surface area contributed by atoms with Gasteiger partial charge in [0.15, 0.2) is 0 Å². The third-order valence-electron chi connectivity index (χ3n) is 5.09. The number of carbonyl (C=O) groups excluding carboxylic acids is 2. The maximum absolute atomic E-state index is 12.8. The molecule has 27 heavy (non-hydrogen) atoms. The highest BCUT2D eigenvalue weighted by Crippen LogP contribution is 2.41. The highest BCUT2D eigenvalue weighted by molar-refractivity contribution is 5.79. The Morgan fingerprint density at radius 2 is 1.41 bits per heavy atom. The van der Waals surface area contributed by atoms with Crippen LogP contribution in [0.2, 0.25) is 0 Å². The SMILES string of the molecule is CC(=O)NC(CC(=O)NC(c1ccc(C)cc1)C1CC1)c1ccc(C)cc1. The Balaban J connectivity index is 1.71. The Hall–Kier alpha value is -2.62. The van der Waals surface area contributed by atoms with Crippen molar-refractivity contribution in [1.29, 1.82) is 0 Å². The lowest BCUT2D eigenvalue weighted by atomic mass is 9.99. The molecule has 3 rings (SSSR count). The van der Waals surface area contributed by atoms with Crippen LogP contribution in [0.4, 0.5) is 0 Å². The van der Waals surface area contributed by atoms with E-state index in [1.807, 2.05) is 31.2 Å². The maximum atomic E-state index is 12.8. The van der Waals surface area contributed by atoms with Crippen molar-refractivity contribution in [3.05, 3.63) is 70.8 Å². The zero-order valence-electron chi connectivity index (χ0n) is 16.3. The molecule has 1 saturated carbocycles. The molecule has 0 radical (unpaired) electrons. The summed E-state index contributed by atoms with van der Waals surface area (Å²) in [7, 11) is 0. The molecule has 1 aliphatic rings. The van der Waals surface area contributed by atoms with Crippen molar-refractivity contribution < 1.29 is 9.59 Å². The number of amides is 2. The van der Waals surface area contributed by atoms with Gasteiger partial charge in [-0.3, -0.25) is 9.59 Å². The molecular formula is C23H28N2O2. The average molecular weight is 364 g/mol. The summed E-state index contributed by atoms with van der Waals surface area (Å²) >= 11 is 0. The van der Waals surface area contributed by atoms with E-state index in [4.69, 9.17) is 0 Å². The summed E-state index contributed by atoms with van der Waals surface area (Å²) in [6.07, 6.45) is 2.52. The van der Waals surface area contributed by atoms with Crippen molar-refractivity contribution in [2.45, 2.75) is 52.1 Å². The fourth-order valence-electron chi connectivity index (χ4n) is 3.39. The van der Waals surface area contributed by atoms with Crippen molar-refractivity contribution >= 4 is 11.8 Å². The molecule has 2 aromatic carbocycles. The fraction of sp³-hybridized carbons (Fsp3) is 0.391. The zero-order valence-corrected chi connectivity index (χ0v) is 16.3. The van der Waals surface area contributed by atoms with Gasteiger partial charge in [-0.05, 0) is 43.7 Å². The molecule has 2 N–H and O–H groups in total. The summed E-state index contributed by atoms with van der Waals surface area (Å²) in [5, 5.41) is 6.12. The Morgan fingerprint density at radius 3 is 1.89 bits per heavy atom. The Kier molecular flexibility index (Phi) is 5.94. The van der Waals surface area contributed by atoms with Crippen LogP contribution in [0.3, 0.4) is 0 Å². The molecule has 0 saturated heterocycles. The normalized spacial score (nSPS) is 15.7. The minimum Gasteiger partial charge on any atom is -0.349 e. The summed E-state index contributed by atoms with van der Waals surface area (Å²) in [6, 6.07) is 16.1. The first-order valence-electron chi connectivity index (χ1n) is 9.62. The molecular weight excluding hydrogens is 336 g/mol. The van der Waals surface area contributed by atoms with Gasteiger partial charge in [0.05, 0.1) is 18.5 Å². The van der Waals surface area contributed by atoms with E-state index in [0.29, 0.717) is 5.92 Å². The number of rotatable bonds is 7. The maximum Gasteiger partial charge on any atom is 0.222 e. The van der Waals surface area contributed by atoms with E-state index in [2.05, 4.69) is 41.8 Å². The fourth-order valence-corrected chi connectivity index (χ4v) is 3.39. The average Bonchev–Trinajstić information content (AvgIpc) is 3.45. The van der Waals surface area contributed by atoms with Crippen molar-refractivity contribution in [2.24, 2.45) is 5.92 Å². The standard InChI is InChI=1S/C23H28N2O2/c1-15-4-8-18(9-5-15)21(24-17(3)26)14-22(27)25-23(20-12-13-20)19-10-6-16(2)7-11-19/h4-11,20-21,23H,12-14H2,1-3H3,(H,24,26)(H,25,27). The zero-order chi connectivity index (χ0) is 19.4. The van der Waals surface area contributed by atoms with Crippen molar-refractivity contribution in [3.8, 4) is 0 Å². The van der Waals surface area contributed by atoms with Crippen LogP contribution >= 0.6 is 0 Å². The Bertz CT molecular complexity index is 792. The van der Waals surface area contributed by atoms with E-state index >= 15 is 0 Å². The van der Waals surface area contributed by atoms with E-state index in [0.717, 1.165) is 29.5 Å². The van der Waals surface area contributed by atoms with E-state index in [9.17, 15) is 9.59 Å². The summed E-state index contributed by atoms with van der Waals surface area (Å²) in [5.74, 6) is 0.340. The van der Waals surface area contributed by atoms with Gasteiger partial charge in [0.25, 0.3) is 0 Å². The van der Waals surface area contributed by atoms with Gasteiger partial charge >= 0.3 is 0 Å². The van der Waals surface area contributed by atoms with Crippen molar-refractivity contribution in [3.63, 3.8) is 0 Å². The van der Waals surface area contributed by atoms with Gasteiger partial charge < -0.3 is 10.6 Å². The lowest BCUT2D eigenvalue weighted by molar-refractivity contribution is -0.123. The minimum atomic E-state index is -0.319. The van der Waals surface area contributed by atoms with Gasteiger partial charge in [0.1, 0.15) is 0 Å². The number of hydrogen-bond donors (Lipinski definition) is 2. The third-order valence-corrected chi connectivity index (χ3v) is 5.09. The first-order chi connectivity index (χ1) is 12.9. The second kappa shape index (κ2) is 8.38. The molecule has 0 aliphatic heterocycles. The predicted octanol–water partition coefficient (Wildman–Crippen LogP) is 4.14. The largest absolute Gasteiger partial charge is 0.349 e. The van der Waals surface area contributed by atoms with E-state index < -0.39 is 0 Å². The number of nitrogens with one attached hydrogen (secondary N) is 2. The summed E-state index contributed by atoms with van der Waals surface area (Å²) < 4.78 is 0. The predicted molar refractivity (Wildman–Crippen MR) is 107 cm³/mol. The van der Waals surface area contributed by atoms with Gasteiger partial charge in [-0.1, -0.05) is 59.7 Å². The molecule has 4 nitrogen and oxygen atoms in total. The quantitative estimate of drug-likeness (QED) is 0.776. The molecule has 2 aromatic rings. The number of hydrogen-bond acceptors (Lipinski definition) is 2. The van der Waals surface area contributed by atoms with Crippen LogP contribution in [0.1, 0.15) is 60.5 Å². The van der Waals surface area contributed by atoms with Gasteiger partial charge in [-0.2, -0.15) is 0 Å². The van der Waals surface area contributed by atoms with Crippen LogP contribution in [0.25, 0.3) is 0 Å². The van der Waals surface area contributed by atoms with Crippen LogP contribution in [-0.4, -0.2) is 11.8 Å². The van der Waals surface area contributed by atoms with Crippen LogP contribution in [0.5, 0.6) is 0 Å². The molecule has 0 aromatic heterocycles. The lowest BCUT2D eigenvalue weighted by Gasteiger charge is -2.22. The van der Waals surface area contributed by atoms with Crippen molar-refractivity contribution in [2.75, 3.05) is 0 Å². The first-order valence-corrected chi connectivity index (χ1v) is 9.62. The topological polar surface area (TPSA) is 58.2 Å². The molecule has 2 amide bonds. The van der Waals surface area contributed by atoms with E-state index in [-0.39, 0.29) is 30.3 Å². The lowest BCUT2D eigenvalue weighted by Crippen LogP contribution is -2.35. The molecule has 2 atom stereocenters. The Morgan fingerprint density at radius 1 is 0.889 bits per heavy atom. The highest BCUT2D eigenvalue weighted by atomic mass is 16.2. The highest BCUT2D eigenvalue weighted by Gasteiger charge is 2.33. The second-order valence-electron chi connectivity index (χ2n) is 7.66. The van der Waals surface area contributed by atoms with Crippen molar-refractivity contribution in [1.82, 2.24) is 10.6 Å². The number of benzene rings is 2. The number of aryl methyl sites for hydroxylation is 2. The van der Waals surface area contributed by atoms with Crippen LogP contribution in [0.15, 0.2) is 48.5 Å². The van der Waals surface area contributed by atoms with Gasteiger partial charge in [-0.15, -0.1) is 0 Å². The van der Waals surface area contributed by atoms with E-state index in [1.165, 1.54) is 12.5 Å². The first kappa shape index (κ1) is 19.2. The van der Waals surface area contributed by atoms with Gasteiger partial charge in [0, 0.05) is 6.92 Å². The van der Waals surface area contributed by atoms with Crippen LogP contribution in [0, 0.1) is 19.8 Å². The molecule has 0 heterocycles. The molecule has 142 valence electrons. The summed E-state index contributed by atoms with van der Waals surface area (Å²) in [5.41, 5.74) is 4.47. The summed E-state index contributed by atoms with van der Waals surface area (Å²) in [6.45, 7) is 5.57. The molecule has 1 fully saturated rings. The minimum absolute atomic E-state index is 0.0354. The smallest absolute Gasteiger partial charge is 0.222 e. The monoisotopic (exact) mass is 364 g/mol.